The molecule has 2 rings (SSSR count). The van der Waals surface area contributed by atoms with Crippen LogP contribution in [0.3, 0.4) is 0 Å². The number of anilines is 2. The second-order valence-electron chi connectivity index (χ2n) is 8.40. The Hall–Kier alpha value is -3.76. The van der Waals surface area contributed by atoms with E-state index in [1.165, 1.54) is 30.1 Å². The lowest BCUT2D eigenvalue weighted by atomic mass is 10.1. The lowest BCUT2D eigenvalue weighted by Crippen LogP contribution is -2.43. The zero-order valence-corrected chi connectivity index (χ0v) is 19.2. The zero-order chi connectivity index (χ0) is 25.5. The highest BCUT2D eigenvalue weighted by Gasteiger charge is 2.30. The van der Waals surface area contributed by atoms with Crippen molar-refractivity contribution in [2.75, 3.05) is 18.9 Å². The molecule has 0 heterocycles. The number of alkyl halides is 3. The molecule has 0 fully saturated rings. The Morgan fingerprint density at radius 1 is 0.941 bits per heavy atom. The van der Waals surface area contributed by atoms with Gasteiger partial charge in [-0.3, -0.25) is 20.4 Å². The molecule has 0 unspecified atom stereocenters. The van der Waals surface area contributed by atoms with Gasteiger partial charge in [-0.05, 0) is 57.2 Å². The first kappa shape index (κ1) is 26.5. The molecule has 34 heavy (non-hydrogen) atoms. The Kier molecular flexibility index (Phi) is 8.50. The molecule has 0 saturated carbocycles. The van der Waals surface area contributed by atoms with Crippen molar-refractivity contribution in [2.24, 2.45) is 0 Å². The number of carbonyl (C=O) groups is 3. The Morgan fingerprint density at radius 2 is 1.56 bits per heavy atom. The van der Waals surface area contributed by atoms with Crippen LogP contribution in [0.2, 0.25) is 0 Å². The van der Waals surface area contributed by atoms with Crippen molar-refractivity contribution in [3.63, 3.8) is 0 Å². The van der Waals surface area contributed by atoms with Gasteiger partial charge in [0.15, 0.2) is 0 Å². The fourth-order valence-corrected chi connectivity index (χ4v) is 2.64. The number of benzene rings is 2. The summed E-state index contributed by atoms with van der Waals surface area (Å²) in [6.07, 6.45) is -5.11. The Bertz CT molecular complexity index is 1020. The molecular formula is C23H27F3N4O4. The summed E-state index contributed by atoms with van der Waals surface area (Å²) in [6.45, 7) is 5.25. The largest absolute Gasteiger partial charge is 0.444 e. The second kappa shape index (κ2) is 10.9. The Balaban J connectivity index is 1.92. The van der Waals surface area contributed by atoms with Crippen molar-refractivity contribution in [3.8, 4) is 0 Å². The Labute approximate surface area is 195 Å². The van der Waals surface area contributed by atoms with Crippen LogP contribution in [0.4, 0.5) is 29.3 Å². The Morgan fingerprint density at radius 3 is 2.15 bits per heavy atom. The van der Waals surface area contributed by atoms with Crippen LogP contribution in [-0.2, 0) is 15.7 Å². The van der Waals surface area contributed by atoms with Gasteiger partial charge in [0.1, 0.15) is 5.60 Å². The standard InChI is InChI=1S/C23H27F3N4O4/c1-22(2,3)34-21(33)30(4)14-13-19(31)28-29-20(32)17-7-5-6-8-18(17)27-16-11-9-15(10-12-16)23(24,25)26/h5-12,27H,13-14H2,1-4H3,(H,28,31)(H,29,32). The van der Waals surface area contributed by atoms with E-state index in [2.05, 4.69) is 16.2 Å². The maximum Gasteiger partial charge on any atom is 0.416 e. The summed E-state index contributed by atoms with van der Waals surface area (Å²) in [7, 11) is 1.49. The predicted octanol–water partition coefficient (Wildman–Crippen LogP) is 4.47. The molecule has 2 aromatic carbocycles. The molecule has 0 bridgehead atoms. The lowest BCUT2D eigenvalue weighted by Gasteiger charge is -2.24. The van der Waals surface area contributed by atoms with E-state index >= 15 is 0 Å². The molecular weight excluding hydrogens is 453 g/mol. The van der Waals surface area contributed by atoms with Crippen molar-refractivity contribution in [3.05, 3.63) is 59.7 Å². The maximum absolute atomic E-state index is 12.7. The molecule has 0 aliphatic carbocycles. The van der Waals surface area contributed by atoms with E-state index in [9.17, 15) is 27.6 Å². The molecule has 0 aliphatic heterocycles. The van der Waals surface area contributed by atoms with Crippen LogP contribution < -0.4 is 16.2 Å². The third-order valence-electron chi connectivity index (χ3n) is 4.36. The summed E-state index contributed by atoms with van der Waals surface area (Å²) in [5, 5.41) is 2.89. The number of rotatable bonds is 6. The number of para-hydroxylation sites is 1. The minimum absolute atomic E-state index is 0.0721. The van der Waals surface area contributed by atoms with Crippen LogP contribution in [-0.4, -0.2) is 42.0 Å². The highest BCUT2D eigenvalue weighted by atomic mass is 19.4. The number of nitrogens with zero attached hydrogens (tertiary/aromatic N) is 1. The van der Waals surface area contributed by atoms with E-state index in [0.29, 0.717) is 11.4 Å². The number of nitrogens with one attached hydrogen (secondary N) is 3. The van der Waals surface area contributed by atoms with Crippen molar-refractivity contribution >= 4 is 29.3 Å². The van der Waals surface area contributed by atoms with E-state index in [1.807, 2.05) is 0 Å². The van der Waals surface area contributed by atoms with Crippen LogP contribution in [0, 0.1) is 0 Å². The van der Waals surface area contributed by atoms with Crippen LogP contribution in [0.1, 0.15) is 43.1 Å². The van der Waals surface area contributed by atoms with Crippen LogP contribution in [0.5, 0.6) is 0 Å². The number of hydrogen-bond donors (Lipinski definition) is 3. The number of halogens is 3. The van der Waals surface area contributed by atoms with Gasteiger partial charge in [0, 0.05) is 25.7 Å². The van der Waals surface area contributed by atoms with Gasteiger partial charge in [-0.15, -0.1) is 0 Å². The van der Waals surface area contributed by atoms with Crippen LogP contribution in [0.15, 0.2) is 48.5 Å². The number of amides is 3. The summed E-state index contributed by atoms with van der Waals surface area (Å²) in [4.78, 5) is 37.8. The van der Waals surface area contributed by atoms with E-state index in [1.54, 1.807) is 39.0 Å². The molecule has 0 radical (unpaired) electrons. The first-order chi connectivity index (χ1) is 15.8. The van der Waals surface area contributed by atoms with Crippen molar-refractivity contribution < 1.29 is 32.3 Å². The van der Waals surface area contributed by atoms with Gasteiger partial charge in [-0.25, -0.2) is 4.79 Å². The van der Waals surface area contributed by atoms with Crippen molar-refractivity contribution in [1.82, 2.24) is 15.8 Å². The van der Waals surface area contributed by atoms with Gasteiger partial charge in [0.05, 0.1) is 16.8 Å². The number of hydrazine groups is 1. The number of hydrogen-bond acceptors (Lipinski definition) is 5. The average Bonchev–Trinajstić information content (AvgIpc) is 2.74. The van der Waals surface area contributed by atoms with E-state index < -0.39 is 35.2 Å². The molecule has 3 amide bonds. The molecule has 2 aromatic rings. The van der Waals surface area contributed by atoms with E-state index in [4.69, 9.17) is 4.74 Å². The molecule has 0 spiro atoms. The van der Waals surface area contributed by atoms with Gasteiger partial charge >= 0.3 is 12.3 Å². The van der Waals surface area contributed by atoms with Gasteiger partial charge in [-0.1, -0.05) is 12.1 Å². The summed E-state index contributed by atoms with van der Waals surface area (Å²) < 4.78 is 43.4. The third kappa shape index (κ3) is 8.30. The second-order valence-corrected chi connectivity index (χ2v) is 8.40. The molecule has 11 heteroatoms. The summed E-state index contributed by atoms with van der Waals surface area (Å²) >= 11 is 0. The van der Waals surface area contributed by atoms with Crippen LogP contribution >= 0.6 is 0 Å². The fraction of sp³-hybridized carbons (Fsp3) is 0.348. The minimum atomic E-state index is -4.45. The molecule has 184 valence electrons. The van der Waals surface area contributed by atoms with Crippen molar-refractivity contribution in [2.45, 2.75) is 39.0 Å². The zero-order valence-electron chi connectivity index (χ0n) is 19.2. The third-order valence-corrected chi connectivity index (χ3v) is 4.36. The number of ether oxygens (including phenoxy) is 1. The summed E-state index contributed by atoms with van der Waals surface area (Å²) in [5.41, 5.74) is 3.94. The molecule has 0 aliphatic rings. The van der Waals surface area contributed by atoms with Crippen molar-refractivity contribution in [1.29, 1.82) is 0 Å². The monoisotopic (exact) mass is 480 g/mol. The molecule has 3 N–H and O–H groups in total. The first-order valence-corrected chi connectivity index (χ1v) is 10.3. The van der Waals surface area contributed by atoms with Gasteiger partial charge in [0.2, 0.25) is 5.91 Å². The normalized spacial score (nSPS) is 11.4. The van der Waals surface area contributed by atoms with E-state index in [0.717, 1.165) is 12.1 Å². The first-order valence-electron chi connectivity index (χ1n) is 10.3. The highest BCUT2D eigenvalue weighted by Crippen LogP contribution is 2.30. The molecule has 0 aromatic heterocycles. The lowest BCUT2D eigenvalue weighted by molar-refractivity contribution is -0.137. The summed E-state index contributed by atoms with van der Waals surface area (Å²) in [5.74, 6) is -1.17. The minimum Gasteiger partial charge on any atom is -0.444 e. The smallest absolute Gasteiger partial charge is 0.416 e. The van der Waals surface area contributed by atoms with Gasteiger partial charge in [-0.2, -0.15) is 13.2 Å². The molecule has 0 saturated heterocycles. The van der Waals surface area contributed by atoms with E-state index in [-0.39, 0.29) is 18.5 Å². The molecule has 0 atom stereocenters. The topological polar surface area (TPSA) is 99.8 Å². The quantitative estimate of drug-likeness (QED) is 0.530. The maximum atomic E-state index is 12.7. The number of carbonyl (C=O) groups excluding carboxylic acids is 3. The SMILES string of the molecule is CN(CCC(=O)NNC(=O)c1ccccc1Nc1ccc(C(F)(F)F)cc1)C(=O)OC(C)(C)C. The fourth-order valence-electron chi connectivity index (χ4n) is 2.64. The average molecular weight is 480 g/mol. The summed E-state index contributed by atoms with van der Waals surface area (Å²) in [6, 6.07) is 10.7. The van der Waals surface area contributed by atoms with Gasteiger partial charge < -0.3 is 15.0 Å². The van der Waals surface area contributed by atoms with Gasteiger partial charge in [0.25, 0.3) is 5.91 Å². The highest BCUT2D eigenvalue weighted by molar-refractivity contribution is 6.01. The molecule has 8 nitrogen and oxygen atoms in total. The predicted molar refractivity (Wildman–Crippen MR) is 120 cm³/mol. The van der Waals surface area contributed by atoms with Crippen LogP contribution in [0.25, 0.3) is 0 Å².